The lowest BCUT2D eigenvalue weighted by Gasteiger charge is -2.34. The Labute approximate surface area is 87.6 Å². The Morgan fingerprint density at radius 3 is 2.86 bits per heavy atom. The summed E-state index contributed by atoms with van der Waals surface area (Å²) in [5, 5.41) is 0. The predicted octanol–water partition coefficient (Wildman–Crippen LogP) is 3.74. The van der Waals surface area contributed by atoms with Crippen LogP contribution in [-0.2, 0) is 4.79 Å². The normalized spacial score (nSPS) is 25.6. The van der Waals surface area contributed by atoms with Crippen molar-refractivity contribution >= 4 is 6.29 Å². The zero-order valence-corrected chi connectivity index (χ0v) is 9.68. The van der Waals surface area contributed by atoms with Gasteiger partial charge in [0.15, 0.2) is 0 Å². The molecule has 0 aromatic carbocycles. The van der Waals surface area contributed by atoms with Gasteiger partial charge in [-0.25, -0.2) is 0 Å². The quantitative estimate of drug-likeness (QED) is 0.492. The van der Waals surface area contributed by atoms with Crippen LogP contribution in [0.1, 0.15) is 52.9 Å². The van der Waals surface area contributed by atoms with Crippen LogP contribution in [0.2, 0.25) is 0 Å². The molecule has 0 fully saturated rings. The largest absolute Gasteiger partial charge is 0.303 e. The van der Waals surface area contributed by atoms with Crippen LogP contribution >= 0.6 is 0 Å². The van der Waals surface area contributed by atoms with Crippen molar-refractivity contribution in [3.05, 3.63) is 11.6 Å². The Hall–Kier alpha value is -0.590. The van der Waals surface area contributed by atoms with Gasteiger partial charge < -0.3 is 4.79 Å². The van der Waals surface area contributed by atoms with Crippen LogP contribution in [0.5, 0.6) is 0 Å². The van der Waals surface area contributed by atoms with Gasteiger partial charge in [0.05, 0.1) is 0 Å². The van der Waals surface area contributed by atoms with E-state index in [1.807, 2.05) is 0 Å². The first-order valence-corrected chi connectivity index (χ1v) is 5.76. The average Bonchev–Trinajstić information content (AvgIpc) is 2.16. The van der Waals surface area contributed by atoms with E-state index < -0.39 is 0 Å². The zero-order valence-electron chi connectivity index (χ0n) is 9.68. The third-order valence-corrected chi connectivity index (χ3v) is 3.36. The van der Waals surface area contributed by atoms with E-state index in [-0.39, 0.29) is 5.92 Å². The van der Waals surface area contributed by atoms with E-state index in [4.69, 9.17) is 0 Å². The molecule has 1 aliphatic rings. The molecule has 14 heavy (non-hydrogen) atoms. The predicted molar refractivity (Wildman–Crippen MR) is 60.2 cm³/mol. The Morgan fingerprint density at radius 1 is 1.57 bits per heavy atom. The minimum absolute atomic E-state index is 0.190. The van der Waals surface area contributed by atoms with E-state index in [0.717, 1.165) is 19.1 Å². The van der Waals surface area contributed by atoms with Crippen molar-refractivity contribution in [3.8, 4) is 0 Å². The van der Waals surface area contributed by atoms with E-state index in [1.165, 1.54) is 24.8 Å². The summed E-state index contributed by atoms with van der Waals surface area (Å²) in [5.41, 5.74) is 1.83. The minimum Gasteiger partial charge on any atom is -0.303 e. The highest BCUT2D eigenvalue weighted by Gasteiger charge is 2.28. The van der Waals surface area contributed by atoms with Gasteiger partial charge in [-0.2, -0.15) is 0 Å². The van der Waals surface area contributed by atoms with E-state index >= 15 is 0 Å². The van der Waals surface area contributed by atoms with Crippen LogP contribution in [-0.4, -0.2) is 6.29 Å². The van der Waals surface area contributed by atoms with Crippen molar-refractivity contribution in [1.29, 1.82) is 0 Å². The van der Waals surface area contributed by atoms with Crippen molar-refractivity contribution in [2.45, 2.75) is 52.9 Å². The summed E-state index contributed by atoms with van der Waals surface area (Å²) in [6.45, 7) is 6.82. The topological polar surface area (TPSA) is 17.1 Å². The highest BCUT2D eigenvalue weighted by atomic mass is 16.1. The number of hydrogen-bond donors (Lipinski definition) is 0. The van der Waals surface area contributed by atoms with Gasteiger partial charge >= 0.3 is 0 Å². The molecule has 1 heteroatoms. The number of hydrogen-bond acceptors (Lipinski definition) is 1. The maximum Gasteiger partial charge on any atom is 0.126 e. The van der Waals surface area contributed by atoms with Gasteiger partial charge in [0.2, 0.25) is 0 Å². The molecule has 1 nitrogen and oxygen atoms in total. The van der Waals surface area contributed by atoms with E-state index in [2.05, 4.69) is 26.8 Å². The molecule has 0 saturated heterocycles. The lowest BCUT2D eigenvalue weighted by atomic mass is 9.71. The molecule has 1 aliphatic carbocycles. The second-order valence-corrected chi connectivity index (χ2v) is 5.02. The second-order valence-electron chi connectivity index (χ2n) is 5.02. The molecular weight excluding hydrogens is 172 g/mol. The van der Waals surface area contributed by atoms with Crippen LogP contribution in [0.15, 0.2) is 11.6 Å². The molecule has 0 aliphatic heterocycles. The minimum atomic E-state index is 0.190. The van der Waals surface area contributed by atoms with Gasteiger partial charge in [0.1, 0.15) is 6.29 Å². The summed E-state index contributed by atoms with van der Waals surface area (Å²) >= 11 is 0. The van der Waals surface area contributed by atoms with Gasteiger partial charge in [-0.1, -0.05) is 38.8 Å². The van der Waals surface area contributed by atoms with Crippen molar-refractivity contribution in [2.75, 3.05) is 0 Å². The first kappa shape index (κ1) is 11.5. The molecule has 80 valence electrons. The van der Waals surface area contributed by atoms with Gasteiger partial charge in [0, 0.05) is 5.92 Å². The fourth-order valence-corrected chi connectivity index (χ4v) is 2.15. The second kappa shape index (κ2) is 4.77. The molecule has 0 aromatic heterocycles. The Morgan fingerprint density at radius 2 is 2.29 bits per heavy atom. The summed E-state index contributed by atoms with van der Waals surface area (Å²) in [7, 11) is 0. The Bertz CT molecular complexity index is 225. The fraction of sp³-hybridized carbons (Fsp3) is 0.769. The van der Waals surface area contributed by atoms with Crippen LogP contribution in [0.4, 0.5) is 0 Å². The molecule has 0 bridgehead atoms. The Kier molecular flexibility index (Phi) is 3.91. The van der Waals surface area contributed by atoms with Gasteiger partial charge in [0.25, 0.3) is 0 Å². The summed E-state index contributed by atoms with van der Waals surface area (Å²) in [5.74, 6) is 0.190. The molecule has 0 heterocycles. The number of unbranched alkanes of at least 4 members (excludes halogenated alkanes) is 1. The van der Waals surface area contributed by atoms with Crippen molar-refractivity contribution in [1.82, 2.24) is 0 Å². The molecule has 0 radical (unpaired) electrons. The first-order valence-electron chi connectivity index (χ1n) is 5.76. The molecule has 1 unspecified atom stereocenters. The lowest BCUT2D eigenvalue weighted by Crippen LogP contribution is -2.22. The molecule has 1 atom stereocenters. The van der Waals surface area contributed by atoms with Crippen molar-refractivity contribution < 1.29 is 4.79 Å². The molecule has 0 N–H and O–H groups in total. The number of carbonyl (C=O) groups excluding carboxylic acids is 1. The molecule has 0 amide bonds. The van der Waals surface area contributed by atoms with E-state index in [1.54, 1.807) is 0 Å². The summed E-state index contributed by atoms with van der Waals surface area (Å²) in [6, 6.07) is 0. The van der Waals surface area contributed by atoms with Gasteiger partial charge in [-0.15, -0.1) is 0 Å². The van der Waals surface area contributed by atoms with Crippen LogP contribution < -0.4 is 0 Å². The van der Waals surface area contributed by atoms with Crippen LogP contribution in [0, 0.1) is 11.3 Å². The van der Waals surface area contributed by atoms with Crippen LogP contribution in [0.3, 0.4) is 0 Å². The fourth-order valence-electron chi connectivity index (χ4n) is 2.15. The van der Waals surface area contributed by atoms with Gasteiger partial charge in [-0.05, 0) is 31.1 Å². The highest BCUT2D eigenvalue weighted by Crippen LogP contribution is 2.40. The van der Waals surface area contributed by atoms with Gasteiger partial charge in [-0.3, -0.25) is 0 Å². The van der Waals surface area contributed by atoms with E-state index in [9.17, 15) is 4.79 Å². The SMILES string of the molecule is CCCCC1=CC(C=O)CCC1(C)C. The number of rotatable bonds is 4. The summed E-state index contributed by atoms with van der Waals surface area (Å²) in [4.78, 5) is 10.7. The smallest absolute Gasteiger partial charge is 0.126 e. The summed E-state index contributed by atoms with van der Waals surface area (Å²) in [6.07, 6.45) is 9.17. The van der Waals surface area contributed by atoms with Crippen LogP contribution in [0.25, 0.3) is 0 Å². The first-order chi connectivity index (χ1) is 6.60. The molecular formula is C13H22O. The third-order valence-electron chi connectivity index (χ3n) is 3.36. The molecule has 0 aromatic rings. The maximum absolute atomic E-state index is 10.7. The Balaban J connectivity index is 2.71. The monoisotopic (exact) mass is 194 g/mol. The molecule has 1 rings (SSSR count). The van der Waals surface area contributed by atoms with E-state index in [0.29, 0.717) is 5.41 Å². The maximum atomic E-state index is 10.7. The highest BCUT2D eigenvalue weighted by molar-refractivity contribution is 5.57. The average molecular weight is 194 g/mol. The number of carbonyl (C=O) groups is 1. The number of allylic oxidation sites excluding steroid dienone is 2. The zero-order chi connectivity index (χ0) is 10.6. The van der Waals surface area contributed by atoms with Crippen molar-refractivity contribution in [3.63, 3.8) is 0 Å². The lowest BCUT2D eigenvalue weighted by molar-refractivity contribution is -0.110. The molecule has 0 saturated carbocycles. The standard InChI is InChI=1S/C13H22O/c1-4-5-6-12-9-11(10-14)7-8-13(12,2)3/h9-11H,4-8H2,1-3H3. The number of aldehydes is 1. The third kappa shape index (κ3) is 2.70. The molecule has 0 spiro atoms. The summed E-state index contributed by atoms with van der Waals surface area (Å²) < 4.78 is 0. The van der Waals surface area contributed by atoms with Crippen molar-refractivity contribution in [2.24, 2.45) is 11.3 Å².